The van der Waals surface area contributed by atoms with Crippen LogP contribution in [0.15, 0.2) is 34.7 Å². The fourth-order valence-electron chi connectivity index (χ4n) is 1.70. The van der Waals surface area contributed by atoms with Crippen LogP contribution in [0.3, 0.4) is 0 Å². The predicted molar refractivity (Wildman–Crippen MR) is 68.3 cm³/mol. The van der Waals surface area contributed by atoms with Crippen molar-refractivity contribution in [2.45, 2.75) is 26.8 Å². The van der Waals surface area contributed by atoms with Crippen molar-refractivity contribution in [2.24, 2.45) is 0 Å². The van der Waals surface area contributed by atoms with Gasteiger partial charge in [0.15, 0.2) is 0 Å². The second kappa shape index (κ2) is 5.04. The Morgan fingerprint density at radius 2 is 2.06 bits per heavy atom. The van der Waals surface area contributed by atoms with Crippen LogP contribution in [0.2, 0.25) is 0 Å². The molecule has 0 spiro atoms. The van der Waals surface area contributed by atoms with Gasteiger partial charge >= 0.3 is 0 Å². The molecule has 4 heteroatoms. The third-order valence-corrected chi connectivity index (χ3v) is 2.66. The van der Waals surface area contributed by atoms with Gasteiger partial charge in [0.1, 0.15) is 17.2 Å². The first-order valence-corrected chi connectivity index (χ1v) is 5.87. The Labute approximate surface area is 106 Å². The molecule has 0 aliphatic heterocycles. The molecule has 0 bridgehead atoms. The zero-order valence-electron chi connectivity index (χ0n) is 10.7. The number of hydrogen-bond acceptors (Lipinski definition) is 3. The molecule has 1 amide bonds. The minimum absolute atomic E-state index is 0.173. The number of pyridine rings is 1. The van der Waals surface area contributed by atoms with Gasteiger partial charge in [-0.2, -0.15) is 0 Å². The van der Waals surface area contributed by atoms with Gasteiger partial charge in [0.25, 0.3) is 5.91 Å². The smallest absolute Gasteiger partial charge is 0.270 e. The maximum Gasteiger partial charge on any atom is 0.270 e. The summed E-state index contributed by atoms with van der Waals surface area (Å²) < 4.78 is 5.47. The number of furan rings is 1. The van der Waals surface area contributed by atoms with E-state index in [9.17, 15) is 4.79 Å². The molecule has 94 valence electrons. The van der Waals surface area contributed by atoms with E-state index in [2.05, 4.69) is 10.3 Å². The number of aromatic nitrogens is 1. The molecule has 1 atom stereocenters. The van der Waals surface area contributed by atoms with E-state index >= 15 is 0 Å². The number of carbonyl (C=O) groups excluding carboxylic acids is 1. The van der Waals surface area contributed by atoms with E-state index in [1.54, 1.807) is 6.07 Å². The van der Waals surface area contributed by atoms with Crippen molar-refractivity contribution in [1.29, 1.82) is 0 Å². The molecule has 0 aliphatic carbocycles. The van der Waals surface area contributed by atoms with Gasteiger partial charge in [-0.1, -0.05) is 6.07 Å². The molecule has 18 heavy (non-hydrogen) atoms. The molecule has 1 N–H and O–H groups in total. The van der Waals surface area contributed by atoms with Gasteiger partial charge < -0.3 is 9.73 Å². The quantitative estimate of drug-likeness (QED) is 0.903. The van der Waals surface area contributed by atoms with Crippen LogP contribution in [-0.4, -0.2) is 10.9 Å². The van der Waals surface area contributed by atoms with Crippen molar-refractivity contribution in [2.75, 3.05) is 0 Å². The summed E-state index contributed by atoms with van der Waals surface area (Å²) in [6.45, 7) is 5.61. The normalized spacial score (nSPS) is 12.2. The summed E-state index contributed by atoms with van der Waals surface area (Å²) in [5.74, 6) is 1.38. The van der Waals surface area contributed by atoms with E-state index < -0.39 is 0 Å². The zero-order chi connectivity index (χ0) is 13.1. The lowest BCUT2D eigenvalue weighted by Crippen LogP contribution is -2.27. The van der Waals surface area contributed by atoms with Crippen LogP contribution in [0, 0.1) is 13.8 Å². The monoisotopic (exact) mass is 244 g/mol. The van der Waals surface area contributed by atoms with E-state index in [4.69, 9.17) is 4.42 Å². The molecule has 0 radical (unpaired) electrons. The van der Waals surface area contributed by atoms with Crippen molar-refractivity contribution < 1.29 is 9.21 Å². The minimum atomic E-state index is -0.194. The van der Waals surface area contributed by atoms with E-state index in [1.807, 2.05) is 45.0 Å². The number of nitrogens with zero attached hydrogens (tertiary/aromatic N) is 1. The Bertz CT molecular complexity index is 560. The highest BCUT2D eigenvalue weighted by Crippen LogP contribution is 2.15. The lowest BCUT2D eigenvalue weighted by molar-refractivity contribution is 0.0930. The summed E-state index contributed by atoms with van der Waals surface area (Å²) in [5.41, 5.74) is 1.24. The van der Waals surface area contributed by atoms with Crippen LogP contribution < -0.4 is 5.32 Å². The molecule has 2 aromatic rings. The maximum atomic E-state index is 12.0. The fraction of sp³-hybridized carbons (Fsp3) is 0.286. The summed E-state index contributed by atoms with van der Waals surface area (Å²) in [5, 5.41) is 2.86. The molecular weight excluding hydrogens is 228 g/mol. The SMILES string of the molecule is Cc1cccc(C(=O)NC(C)c2ccc(C)o2)n1. The van der Waals surface area contributed by atoms with Crippen LogP contribution in [0.25, 0.3) is 0 Å². The van der Waals surface area contributed by atoms with Gasteiger partial charge in [-0.05, 0) is 45.0 Å². The second-order valence-electron chi connectivity index (χ2n) is 4.31. The van der Waals surface area contributed by atoms with E-state index in [1.165, 1.54) is 0 Å². The summed E-state index contributed by atoms with van der Waals surface area (Å²) in [7, 11) is 0. The zero-order valence-corrected chi connectivity index (χ0v) is 10.7. The average Bonchev–Trinajstić information content (AvgIpc) is 2.76. The van der Waals surface area contributed by atoms with Gasteiger partial charge in [0.05, 0.1) is 6.04 Å². The standard InChI is InChI=1S/C14H16N2O2/c1-9-5-4-6-12(15-9)14(17)16-11(3)13-8-7-10(2)18-13/h4-8,11H,1-3H3,(H,16,17). The second-order valence-corrected chi connectivity index (χ2v) is 4.31. The van der Waals surface area contributed by atoms with Gasteiger partial charge in [-0.3, -0.25) is 4.79 Å². The molecule has 2 heterocycles. The minimum Gasteiger partial charge on any atom is -0.464 e. The maximum absolute atomic E-state index is 12.0. The number of rotatable bonds is 3. The molecular formula is C14H16N2O2. The molecule has 0 aromatic carbocycles. The first kappa shape index (κ1) is 12.4. The predicted octanol–water partition coefficient (Wildman–Crippen LogP) is 2.78. The van der Waals surface area contributed by atoms with Crippen molar-refractivity contribution in [3.8, 4) is 0 Å². The number of carbonyl (C=O) groups is 1. The van der Waals surface area contributed by atoms with Crippen LogP contribution in [-0.2, 0) is 0 Å². The highest BCUT2D eigenvalue weighted by Gasteiger charge is 2.14. The van der Waals surface area contributed by atoms with Gasteiger partial charge in [0, 0.05) is 5.69 Å². The Balaban J connectivity index is 2.08. The van der Waals surface area contributed by atoms with Gasteiger partial charge in [-0.15, -0.1) is 0 Å². The molecule has 1 unspecified atom stereocenters. The Morgan fingerprint density at radius 3 is 2.67 bits per heavy atom. The lowest BCUT2D eigenvalue weighted by atomic mass is 10.2. The van der Waals surface area contributed by atoms with Crippen LogP contribution in [0.1, 0.15) is 40.7 Å². The van der Waals surface area contributed by atoms with E-state index in [0.717, 1.165) is 17.2 Å². The number of amides is 1. The summed E-state index contributed by atoms with van der Waals surface area (Å²) in [4.78, 5) is 16.2. The van der Waals surface area contributed by atoms with Crippen LogP contribution in [0.4, 0.5) is 0 Å². The molecule has 0 saturated heterocycles. The highest BCUT2D eigenvalue weighted by atomic mass is 16.3. The molecule has 0 aliphatic rings. The lowest BCUT2D eigenvalue weighted by Gasteiger charge is -2.11. The Hall–Kier alpha value is -2.10. The first-order valence-electron chi connectivity index (χ1n) is 5.87. The van der Waals surface area contributed by atoms with Crippen molar-refractivity contribution in [1.82, 2.24) is 10.3 Å². The van der Waals surface area contributed by atoms with Crippen LogP contribution >= 0.6 is 0 Å². The topological polar surface area (TPSA) is 55.1 Å². The van der Waals surface area contributed by atoms with Crippen molar-refractivity contribution in [3.63, 3.8) is 0 Å². The number of nitrogens with one attached hydrogen (secondary N) is 1. The van der Waals surface area contributed by atoms with Gasteiger partial charge in [-0.25, -0.2) is 4.98 Å². The molecule has 0 fully saturated rings. The molecule has 2 rings (SSSR count). The van der Waals surface area contributed by atoms with Crippen molar-refractivity contribution >= 4 is 5.91 Å². The average molecular weight is 244 g/mol. The fourth-order valence-corrected chi connectivity index (χ4v) is 1.70. The summed E-state index contributed by atoms with van der Waals surface area (Å²) >= 11 is 0. The first-order chi connectivity index (χ1) is 8.56. The number of hydrogen-bond donors (Lipinski definition) is 1. The number of aryl methyl sites for hydroxylation is 2. The molecule has 4 nitrogen and oxygen atoms in total. The largest absolute Gasteiger partial charge is 0.464 e. The summed E-state index contributed by atoms with van der Waals surface area (Å²) in [6, 6.07) is 8.94. The highest BCUT2D eigenvalue weighted by molar-refractivity contribution is 5.92. The van der Waals surface area contributed by atoms with Gasteiger partial charge in [0.2, 0.25) is 0 Å². The van der Waals surface area contributed by atoms with E-state index in [-0.39, 0.29) is 11.9 Å². The third kappa shape index (κ3) is 2.77. The van der Waals surface area contributed by atoms with Crippen molar-refractivity contribution in [3.05, 3.63) is 53.2 Å². The van der Waals surface area contributed by atoms with E-state index in [0.29, 0.717) is 5.69 Å². The third-order valence-electron chi connectivity index (χ3n) is 2.66. The molecule has 2 aromatic heterocycles. The summed E-state index contributed by atoms with van der Waals surface area (Å²) in [6.07, 6.45) is 0. The van der Waals surface area contributed by atoms with Crippen LogP contribution in [0.5, 0.6) is 0 Å². The Kier molecular flexibility index (Phi) is 3.46. The Morgan fingerprint density at radius 1 is 1.28 bits per heavy atom. The molecule has 0 saturated carbocycles.